The van der Waals surface area contributed by atoms with E-state index < -0.39 is 0 Å². The molecule has 1 aromatic heterocycles. The van der Waals surface area contributed by atoms with Crippen LogP contribution in [0.4, 0.5) is 0 Å². The maximum Gasteiger partial charge on any atom is 0.150 e. The van der Waals surface area contributed by atoms with Crippen molar-refractivity contribution in [3.8, 4) is 11.4 Å². The first-order valence-corrected chi connectivity index (χ1v) is 5.60. The molecule has 16 heavy (non-hydrogen) atoms. The number of aryl methyl sites for hydroxylation is 1. The monoisotopic (exact) mass is 235 g/mol. The van der Waals surface area contributed by atoms with Crippen molar-refractivity contribution in [3.05, 3.63) is 40.7 Å². The van der Waals surface area contributed by atoms with Gasteiger partial charge in [0.2, 0.25) is 0 Å². The van der Waals surface area contributed by atoms with Crippen molar-refractivity contribution in [3.63, 3.8) is 0 Å². The average molecular weight is 236 g/mol. The summed E-state index contributed by atoms with van der Waals surface area (Å²) < 4.78 is 0. The van der Waals surface area contributed by atoms with E-state index in [1.165, 1.54) is 5.56 Å². The summed E-state index contributed by atoms with van der Waals surface area (Å²) in [6.45, 7) is 2.61. The first-order chi connectivity index (χ1) is 7.72. The maximum absolute atomic E-state index is 6.03. The lowest BCUT2D eigenvalue weighted by Crippen LogP contribution is -2.03. The summed E-state index contributed by atoms with van der Waals surface area (Å²) in [4.78, 5) is 7.53. The van der Waals surface area contributed by atoms with E-state index >= 15 is 0 Å². The zero-order valence-electron chi connectivity index (χ0n) is 9.13. The summed E-state index contributed by atoms with van der Waals surface area (Å²) in [5.41, 5.74) is 8.66. The Morgan fingerprint density at radius 1 is 1.38 bits per heavy atom. The molecule has 1 aromatic carbocycles. The average Bonchev–Trinajstić information content (AvgIpc) is 2.61. The second kappa shape index (κ2) is 4.68. The Balaban J connectivity index is 2.42. The molecule has 0 fully saturated rings. The summed E-state index contributed by atoms with van der Waals surface area (Å²) in [7, 11) is 0. The molecule has 3 nitrogen and oxygen atoms in total. The third kappa shape index (κ3) is 2.10. The molecule has 0 radical (unpaired) electrons. The number of nitrogens with zero attached hydrogens (tertiary/aromatic N) is 1. The summed E-state index contributed by atoms with van der Waals surface area (Å²) >= 11 is 6.03. The van der Waals surface area contributed by atoms with Crippen LogP contribution in [0, 0.1) is 6.92 Å². The Morgan fingerprint density at radius 3 is 2.81 bits per heavy atom. The SMILES string of the molecule is Cc1ccccc1-c1nc(Cl)c(CCN)[nH]1. The zero-order chi connectivity index (χ0) is 11.5. The second-order valence-corrected chi connectivity index (χ2v) is 4.07. The highest BCUT2D eigenvalue weighted by Gasteiger charge is 2.10. The molecule has 84 valence electrons. The normalized spacial score (nSPS) is 10.7. The molecule has 2 rings (SSSR count). The molecule has 0 aliphatic rings. The lowest BCUT2D eigenvalue weighted by atomic mass is 10.1. The van der Waals surface area contributed by atoms with E-state index in [1.54, 1.807) is 0 Å². The van der Waals surface area contributed by atoms with Crippen molar-refractivity contribution in [1.29, 1.82) is 0 Å². The number of imidazole rings is 1. The Labute approximate surface area is 99.7 Å². The molecular weight excluding hydrogens is 222 g/mol. The van der Waals surface area contributed by atoms with Gasteiger partial charge in [0.25, 0.3) is 0 Å². The largest absolute Gasteiger partial charge is 0.341 e. The van der Waals surface area contributed by atoms with Crippen LogP contribution in [0.2, 0.25) is 5.15 Å². The van der Waals surface area contributed by atoms with Crippen molar-refractivity contribution in [2.75, 3.05) is 6.54 Å². The molecule has 0 amide bonds. The van der Waals surface area contributed by atoms with Gasteiger partial charge in [-0.3, -0.25) is 0 Å². The van der Waals surface area contributed by atoms with E-state index in [0.717, 1.165) is 23.5 Å². The number of rotatable bonds is 3. The summed E-state index contributed by atoms with van der Waals surface area (Å²) in [5.74, 6) is 0.812. The van der Waals surface area contributed by atoms with Gasteiger partial charge in [-0.1, -0.05) is 35.9 Å². The second-order valence-electron chi connectivity index (χ2n) is 3.71. The third-order valence-electron chi connectivity index (χ3n) is 2.52. The fraction of sp³-hybridized carbons (Fsp3) is 0.250. The highest BCUT2D eigenvalue weighted by Crippen LogP contribution is 2.23. The van der Waals surface area contributed by atoms with Crippen molar-refractivity contribution < 1.29 is 0 Å². The first-order valence-electron chi connectivity index (χ1n) is 5.23. The van der Waals surface area contributed by atoms with E-state index in [4.69, 9.17) is 17.3 Å². The number of halogens is 1. The number of hydrogen-bond donors (Lipinski definition) is 2. The molecule has 2 aromatic rings. The Hall–Kier alpha value is -1.32. The summed E-state index contributed by atoms with van der Waals surface area (Å²) in [6, 6.07) is 8.07. The zero-order valence-corrected chi connectivity index (χ0v) is 9.88. The molecular formula is C12H14ClN3. The lowest BCUT2D eigenvalue weighted by molar-refractivity contribution is 0.936. The third-order valence-corrected chi connectivity index (χ3v) is 2.84. The molecule has 0 bridgehead atoms. The highest BCUT2D eigenvalue weighted by atomic mass is 35.5. The van der Waals surface area contributed by atoms with Crippen molar-refractivity contribution in [2.24, 2.45) is 5.73 Å². The van der Waals surface area contributed by atoms with E-state index in [1.807, 2.05) is 31.2 Å². The molecule has 0 unspecified atom stereocenters. The van der Waals surface area contributed by atoms with Gasteiger partial charge in [0.05, 0.1) is 5.69 Å². The van der Waals surface area contributed by atoms with E-state index in [0.29, 0.717) is 11.7 Å². The number of nitrogens with two attached hydrogens (primary N) is 1. The predicted molar refractivity (Wildman–Crippen MR) is 66.5 cm³/mol. The van der Waals surface area contributed by atoms with E-state index in [9.17, 15) is 0 Å². The number of H-pyrrole nitrogens is 1. The van der Waals surface area contributed by atoms with Crippen molar-refractivity contribution in [1.82, 2.24) is 9.97 Å². The Morgan fingerprint density at radius 2 is 2.12 bits per heavy atom. The molecule has 3 N–H and O–H groups in total. The Bertz CT molecular complexity index is 491. The molecule has 0 atom stereocenters. The maximum atomic E-state index is 6.03. The molecule has 0 aliphatic heterocycles. The smallest absolute Gasteiger partial charge is 0.150 e. The van der Waals surface area contributed by atoms with Crippen molar-refractivity contribution in [2.45, 2.75) is 13.3 Å². The van der Waals surface area contributed by atoms with E-state index in [-0.39, 0.29) is 0 Å². The fourth-order valence-electron chi connectivity index (χ4n) is 1.66. The van der Waals surface area contributed by atoms with Gasteiger partial charge in [-0.2, -0.15) is 0 Å². The van der Waals surface area contributed by atoms with Crippen LogP contribution < -0.4 is 5.73 Å². The number of aromatic nitrogens is 2. The lowest BCUT2D eigenvalue weighted by Gasteiger charge is -2.00. The van der Waals surface area contributed by atoms with Crippen LogP contribution in [-0.4, -0.2) is 16.5 Å². The minimum atomic E-state index is 0.517. The van der Waals surface area contributed by atoms with Gasteiger partial charge in [-0.05, 0) is 19.0 Å². The standard InChI is InChI=1S/C12H14ClN3/c1-8-4-2-3-5-9(8)12-15-10(6-7-14)11(13)16-12/h2-5H,6-7,14H2,1H3,(H,15,16). The van der Waals surface area contributed by atoms with Crippen LogP contribution in [0.15, 0.2) is 24.3 Å². The van der Waals surface area contributed by atoms with Crippen LogP contribution >= 0.6 is 11.6 Å². The predicted octanol–water partition coefficient (Wildman–Crippen LogP) is 2.54. The van der Waals surface area contributed by atoms with E-state index in [2.05, 4.69) is 9.97 Å². The van der Waals surface area contributed by atoms with Crippen LogP contribution in [0.3, 0.4) is 0 Å². The Kier molecular flexibility index (Phi) is 3.27. The minimum Gasteiger partial charge on any atom is -0.341 e. The summed E-state index contributed by atoms with van der Waals surface area (Å²) in [6.07, 6.45) is 0.720. The minimum absolute atomic E-state index is 0.517. The van der Waals surface area contributed by atoms with Gasteiger partial charge in [0, 0.05) is 12.0 Å². The highest BCUT2D eigenvalue weighted by molar-refractivity contribution is 6.30. The van der Waals surface area contributed by atoms with Gasteiger partial charge in [-0.25, -0.2) is 4.98 Å². The number of hydrogen-bond acceptors (Lipinski definition) is 2. The number of aromatic amines is 1. The van der Waals surface area contributed by atoms with Gasteiger partial charge in [0.1, 0.15) is 5.82 Å². The molecule has 0 saturated carbocycles. The topological polar surface area (TPSA) is 54.7 Å². The quantitative estimate of drug-likeness (QED) is 0.859. The van der Waals surface area contributed by atoms with Crippen LogP contribution in [-0.2, 0) is 6.42 Å². The van der Waals surface area contributed by atoms with Crippen LogP contribution in [0.25, 0.3) is 11.4 Å². The molecule has 1 heterocycles. The van der Waals surface area contributed by atoms with Gasteiger partial charge < -0.3 is 10.7 Å². The molecule has 0 saturated heterocycles. The van der Waals surface area contributed by atoms with Gasteiger partial charge >= 0.3 is 0 Å². The number of benzene rings is 1. The van der Waals surface area contributed by atoms with Gasteiger partial charge in [0.15, 0.2) is 5.15 Å². The fourth-order valence-corrected chi connectivity index (χ4v) is 1.89. The molecule has 0 aliphatic carbocycles. The van der Waals surface area contributed by atoms with Gasteiger partial charge in [-0.15, -0.1) is 0 Å². The molecule has 0 spiro atoms. The van der Waals surface area contributed by atoms with Crippen molar-refractivity contribution >= 4 is 11.6 Å². The molecule has 4 heteroatoms. The number of nitrogens with one attached hydrogen (secondary N) is 1. The first kappa shape index (κ1) is 11.2. The summed E-state index contributed by atoms with van der Waals surface area (Å²) in [5, 5.41) is 0.517. The van der Waals surface area contributed by atoms with Crippen LogP contribution in [0.1, 0.15) is 11.3 Å². The van der Waals surface area contributed by atoms with Crippen LogP contribution in [0.5, 0.6) is 0 Å².